The van der Waals surface area contributed by atoms with Gasteiger partial charge in [0, 0.05) is 11.4 Å². The van der Waals surface area contributed by atoms with Crippen LogP contribution >= 0.6 is 23.7 Å². The zero-order valence-corrected chi connectivity index (χ0v) is 11.1. The Kier molecular flexibility index (Phi) is 6.05. The lowest BCUT2D eigenvalue weighted by Crippen LogP contribution is -2.19. The maximum absolute atomic E-state index is 5.41. The highest BCUT2D eigenvalue weighted by Gasteiger charge is 2.11. The van der Waals surface area contributed by atoms with Crippen molar-refractivity contribution in [1.82, 2.24) is 5.32 Å². The molecule has 0 aromatic carbocycles. The van der Waals surface area contributed by atoms with Gasteiger partial charge in [-0.2, -0.15) is 0 Å². The lowest BCUT2D eigenvalue weighted by Gasteiger charge is -2.13. The molecule has 0 aliphatic heterocycles. The van der Waals surface area contributed by atoms with E-state index in [9.17, 15) is 0 Å². The summed E-state index contributed by atoms with van der Waals surface area (Å²) < 4.78 is 5.41. The van der Waals surface area contributed by atoms with E-state index in [0.717, 1.165) is 18.7 Å². The van der Waals surface area contributed by atoms with Crippen molar-refractivity contribution in [3.05, 3.63) is 59.2 Å². The first-order chi connectivity index (χ1) is 7.90. The van der Waals surface area contributed by atoms with Crippen molar-refractivity contribution < 1.29 is 4.42 Å². The Hall–Kier alpha value is -1.03. The summed E-state index contributed by atoms with van der Waals surface area (Å²) in [5.74, 6) is 0.969. The summed E-state index contributed by atoms with van der Waals surface area (Å²) in [4.78, 5) is 1.33. The van der Waals surface area contributed by atoms with Gasteiger partial charge >= 0.3 is 0 Å². The Morgan fingerprint density at radius 1 is 1.41 bits per heavy atom. The lowest BCUT2D eigenvalue weighted by atomic mass is 10.1. The fourth-order valence-electron chi connectivity index (χ4n) is 1.59. The Labute approximate surface area is 112 Å². The SMILES string of the molecule is C=CCC(NCc1cccs1)c1ccco1.Cl. The van der Waals surface area contributed by atoms with E-state index in [2.05, 4.69) is 29.4 Å². The number of hydrogen-bond acceptors (Lipinski definition) is 3. The van der Waals surface area contributed by atoms with Crippen LogP contribution in [0.5, 0.6) is 0 Å². The Balaban J connectivity index is 0.00000144. The van der Waals surface area contributed by atoms with Crippen LogP contribution < -0.4 is 5.32 Å². The average Bonchev–Trinajstić information content (AvgIpc) is 2.96. The summed E-state index contributed by atoms with van der Waals surface area (Å²) in [7, 11) is 0. The van der Waals surface area contributed by atoms with Gasteiger partial charge in [-0.15, -0.1) is 30.3 Å². The van der Waals surface area contributed by atoms with Crippen molar-refractivity contribution >= 4 is 23.7 Å². The zero-order valence-electron chi connectivity index (χ0n) is 9.46. The fraction of sp³-hybridized carbons (Fsp3) is 0.231. The van der Waals surface area contributed by atoms with Crippen LogP contribution in [-0.4, -0.2) is 0 Å². The molecule has 4 heteroatoms. The molecule has 0 saturated heterocycles. The second-order valence-electron chi connectivity index (χ2n) is 3.55. The maximum Gasteiger partial charge on any atom is 0.120 e. The normalized spacial score (nSPS) is 11.8. The molecule has 0 radical (unpaired) electrons. The summed E-state index contributed by atoms with van der Waals surface area (Å²) in [6, 6.07) is 8.32. The van der Waals surface area contributed by atoms with E-state index in [-0.39, 0.29) is 18.4 Å². The molecule has 2 aromatic heterocycles. The highest BCUT2D eigenvalue weighted by Crippen LogP contribution is 2.19. The van der Waals surface area contributed by atoms with Gasteiger partial charge in [-0.25, -0.2) is 0 Å². The minimum atomic E-state index is 0. The molecule has 17 heavy (non-hydrogen) atoms. The largest absolute Gasteiger partial charge is 0.468 e. The highest BCUT2D eigenvalue weighted by molar-refractivity contribution is 7.09. The van der Waals surface area contributed by atoms with E-state index in [4.69, 9.17) is 4.42 Å². The van der Waals surface area contributed by atoms with E-state index in [0.29, 0.717) is 0 Å². The molecule has 0 saturated carbocycles. The molecule has 2 aromatic rings. The molecule has 1 N–H and O–H groups in total. The second-order valence-corrected chi connectivity index (χ2v) is 4.58. The van der Waals surface area contributed by atoms with Gasteiger partial charge in [-0.3, -0.25) is 0 Å². The van der Waals surface area contributed by atoms with Crippen molar-refractivity contribution in [1.29, 1.82) is 0 Å². The van der Waals surface area contributed by atoms with Gasteiger partial charge < -0.3 is 9.73 Å². The maximum atomic E-state index is 5.41. The van der Waals surface area contributed by atoms with Crippen LogP contribution in [0.15, 0.2) is 53.0 Å². The quantitative estimate of drug-likeness (QED) is 0.796. The molecular formula is C13H16ClNOS. The molecule has 2 nitrogen and oxygen atoms in total. The summed E-state index contributed by atoms with van der Waals surface area (Å²) in [6.45, 7) is 4.65. The van der Waals surface area contributed by atoms with E-state index < -0.39 is 0 Å². The smallest absolute Gasteiger partial charge is 0.120 e. The number of halogens is 1. The predicted octanol–water partition coefficient (Wildman–Crippen LogP) is 4.17. The predicted molar refractivity (Wildman–Crippen MR) is 74.7 cm³/mol. The van der Waals surface area contributed by atoms with E-state index in [1.807, 2.05) is 18.2 Å². The molecule has 0 fully saturated rings. The highest BCUT2D eigenvalue weighted by atomic mass is 35.5. The van der Waals surface area contributed by atoms with Gasteiger partial charge in [0.25, 0.3) is 0 Å². The third-order valence-electron chi connectivity index (χ3n) is 2.39. The van der Waals surface area contributed by atoms with Gasteiger partial charge in [0.15, 0.2) is 0 Å². The van der Waals surface area contributed by atoms with Crippen molar-refractivity contribution in [2.75, 3.05) is 0 Å². The van der Waals surface area contributed by atoms with Gasteiger partial charge in [0.1, 0.15) is 5.76 Å². The number of thiophene rings is 1. The zero-order chi connectivity index (χ0) is 11.2. The van der Waals surface area contributed by atoms with Gasteiger partial charge in [-0.05, 0) is 30.0 Å². The first-order valence-electron chi connectivity index (χ1n) is 5.30. The Bertz CT molecular complexity index is 411. The van der Waals surface area contributed by atoms with Gasteiger partial charge in [0.05, 0.1) is 12.3 Å². The first-order valence-corrected chi connectivity index (χ1v) is 6.18. The lowest BCUT2D eigenvalue weighted by molar-refractivity contribution is 0.414. The van der Waals surface area contributed by atoms with Crippen molar-refractivity contribution in [3.8, 4) is 0 Å². The second kappa shape index (κ2) is 7.33. The minimum absolute atomic E-state index is 0. The number of rotatable bonds is 6. The third kappa shape index (κ3) is 4.04. The molecule has 0 spiro atoms. The van der Waals surface area contributed by atoms with E-state index in [1.165, 1.54) is 4.88 Å². The topological polar surface area (TPSA) is 25.2 Å². The average molecular weight is 270 g/mol. The Morgan fingerprint density at radius 2 is 2.29 bits per heavy atom. The van der Waals surface area contributed by atoms with Crippen molar-refractivity contribution in [3.63, 3.8) is 0 Å². The fourth-order valence-corrected chi connectivity index (χ4v) is 2.25. The van der Waals surface area contributed by atoms with Crippen LogP contribution in [0.4, 0.5) is 0 Å². The third-order valence-corrected chi connectivity index (χ3v) is 3.27. The standard InChI is InChI=1S/C13H15NOS.ClH/c1-2-5-12(13-7-3-8-15-13)14-10-11-6-4-9-16-11;/h2-4,6-9,12,14H,1,5,10H2;1H. The molecule has 0 aliphatic carbocycles. The first kappa shape index (κ1) is 14.0. The molecule has 92 valence electrons. The van der Waals surface area contributed by atoms with E-state index >= 15 is 0 Å². The molecule has 0 amide bonds. The Morgan fingerprint density at radius 3 is 2.88 bits per heavy atom. The molecule has 1 atom stereocenters. The molecule has 0 aliphatic rings. The summed E-state index contributed by atoms with van der Waals surface area (Å²) >= 11 is 1.76. The van der Waals surface area contributed by atoms with Crippen LogP contribution in [-0.2, 0) is 6.54 Å². The monoisotopic (exact) mass is 269 g/mol. The van der Waals surface area contributed by atoms with Crippen LogP contribution in [0.3, 0.4) is 0 Å². The molecular weight excluding hydrogens is 254 g/mol. The number of hydrogen-bond donors (Lipinski definition) is 1. The van der Waals surface area contributed by atoms with Crippen molar-refractivity contribution in [2.24, 2.45) is 0 Å². The molecule has 2 heterocycles. The minimum Gasteiger partial charge on any atom is -0.468 e. The van der Waals surface area contributed by atoms with Crippen LogP contribution in [0.25, 0.3) is 0 Å². The van der Waals surface area contributed by atoms with Gasteiger partial charge in [0.2, 0.25) is 0 Å². The molecule has 1 unspecified atom stereocenters. The van der Waals surface area contributed by atoms with Gasteiger partial charge in [-0.1, -0.05) is 12.1 Å². The van der Waals surface area contributed by atoms with Crippen LogP contribution in [0.2, 0.25) is 0 Å². The van der Waals surface area contributed by atoms with Crippen LogP contribution in [0, 0.1) is 0 Å². The van der Waals surface area contributed by atoms with E-state index in [1.54, 1.807) is 17.6 Å². The van der Waals surface area contributed by atoms with Crippen molar-refractivity contribution in [2.45, 2.75) is 19.0 Å². The molecule has 2 rings (SSSR count). The summed E-state index contributed by atoms with van der Waals surface area (Å²) in [6.07, 6.45) is 4.49. The summed E-state index contributed by atoms with van der Waals surface area (Å²) in [5.41, 5.74) is 0. The van der Waals surface area contributed by atoms with Crippen LogP contribution in [0.1, 0.15) is 23.1 Å². The summed E-state index contributed by atoms with van der Waals surface area (Å²) in [5, 5.41) is 5.56. The number of furan rings is 1. The molecule has 0 bridgehead atoms. The number of nitrogens with one attached hydrogen (secondary N) is 1.